The average Bonchev–Trinajstić information content (AvgIpc) is 2.59. The van der Waals surface area contributed by atoms with E-state index in [-0.39, 0.29) is 5.91 Å². The molecule has 0 unspecified atom stereocenters. The number of carbonyl (C=O) groups is 2. The predicted octanol–water partition coefficient (Wildman–Crippen LogP) is 1.76. The molecule has 0 bridgehead atoms. The van der Waals surface area contributed by atoms with Gasteiger partial charge in [0.25, 0.3) is 0 Å². The second-order valence-corrected chi connectivity index (χ2v) is 8.95. The van der Waals surface area contributed by atoms with Crippen LogP contribution in [0.25, 0.3) is 0 Å². The van der Waals surface area contributed by atoms with E-state index in [0.717, 1.165) is 17.4 Å². The molecule has 1 aliphatic heterocycles. The average molecular weight is 412 g/mol. The molecule has 0 N–H and O–H groups in total. The molecule has 8 nitrogen and oxygen atoms in total. The molecule has 2 amide bonds. The molecule has 1 fully saturated rings. The molecule has 0 aromatic heterocycles. The highest BCUT2D eigenvalue weighted by Gasteiger charge is 2.34. The molecule has 2 rings (SSSR count). The van der Waals surface area contributed by atoms with Crippen LogP contribution in [0.2, 0.25) is 0 Å². The van der Waals surface area contributed by atoms with Crippen molar-refractivity contribution in [3.63, 3.8) is 0 Å². The lowest BCUT2D eigenvalue weighted by atomic mass is 10.1. The van der Waals surface area contributed by atoms with E-state index in [4.69, 9.17) is 4.74 Å². The second kappa shape index (κ2) is 8.81. The van der Waals surface area contributed by atoms with E-state index in [1.165, 1.54) is 4.31 Å². The van der Waals surface area contributed by atoms with E-state index in [2.05, 4.69) is 0 Å². The zero-order valence-electron chi connectivity index (χ0n) is 17.1. The first-order chi connectivity index (χ1) is 13.0. The lowest BCUT2D eigenvalue weighted by Gasteiger charge is -2.37. The van der Waals surface area contributed by atoms with Gasteiger partial charge in [0.05, 0.1) is 18.6 Å². The topological polar surface area (TPSA) is 87.2 Å². The number of hydrogen-bond acceptors (Lipinski definition) is 5. The van der Waals surface area contributed by atoms with Gasteiger partial charge < -0.3 is 14.5 Å². The zero-order chi connectivity index (χ0) is 21.1. The summed E-state index contributed by atoms with van der Waals surface area (Å²) in [7, 11) is -3.66. The Labute approximate surface area is 167 Å². The molecule has 1 atom stereocenters. The summed E-state index contributed by atoms with van der Waals surface area (Å²) in [6.07, 6.45) is 0.711. The zero-order valence-corrected chi connectivity index (χ0v) is 18.0. The number of sulfonamides is 1. The Balaban J connectivity index is 2.18. The van der Waals surface area contributed by atoms with Gasteiger partial charge in [-0.1, -0.05) is 6.07 Å². The van der Waals surface area contributed by atoms with Gasteiger partial charge in [-0.15, -0.1) is 0 Å². The molecule has 1 aliphatic rings. The van der Waals surface area contributed by atoms with Crippen LogP contribution in [-0.4, -0.2) is 75.3 Å². The Morgan fingerprint density at radius 2 is 1.57 bits per heavy atom. The van der Waals surface area contributed by atoms with Crippen LogP contribution in [0.3, 0.4) is 0 Å². The summed E-state index contributed by atoms with van der Waals surface area (Å²) in [4.78, 5) is 28.0. The summed E-state index contributed by atoms with van der Waals surface area (Å²) in [6.45, 7) is 8.81. The van der Waals surface area contributed by atoms with Crippen LogP contribution in [0.1, 0.15) is 25.0 Å². The molecule has 28 heavy (non-hydrogen) atoms. The molecule has 1 heterocycles. The van der Waals surface area contributed by atoms with Crippen LogP contribution in [0.4, 0.5) is 10.5 Å². The minimum absolute atomic E-state index is 0.284. The number of amides is 2. The van der Waals surface area contributed by atoms with E-state index < -0.39 is 22.2 Å². The summed E-state index contributed by atoms with van der Waals surface area (Å²) in [6, 6.07) is 4.59. The van der Waals surface area contributed by atoms with Crippen molar-refractivity contribution in [3.05, 3.63) is 29.3 Å². The summed E-state index contributed by atoms with van der Waals surface area (Å²) in [5.41, 5.74) is 2.32. The molecule has 9 heteroatoms. The van der Waals surface area contributed by atoms with Gasteiger partial charge in [0.1, 0.15) is 6.04 Å². The normalized spacial score (nSPS) is 15.9. The van der Waals surface area contributed by atoms with Crippen molar-refractivity contribution >= 4 is 27.7 Å². The number of ether oxygens (including phenoxy) is 1. The molecular weight excluding hydrogens is 382 g/mol. The van der Waals surface area contributed by atoms with Crippen LogP contribution in [0.15, 0.2) is 18.2 Å². The van der Waals surface area contributed by atoms with Crippen molar-refractivity contribution in [1.29, 1.82) is 0 Å². The quantitative estimate of drug-likeness (QED) is 0.737. The first-order valence-electron chi connectivity index (χ1n) is 9.32. The number of anilines is 1. The van der Waals surface area contributed by atoms with Crippen LogP contribution in [0, 0.1) is 13.8 Å². The Kier molecular flexibility index (Phi) is 6.92. The molecule has 1 aromatic rings. The molecule has 1 aromatic carbocycles. The van der Waals surface area contributed by atoms with Gasteiger partial charge in [0.15, 0.2) is 0 Å². The third-order valence-electron chi connectivity index (χ3n) is 4.64. The third-order valence-corrected chi connectivity index (χ3v) is 5.89. The number of piperazine rings is 1. The maximum atomic E-state index is 13.0. The van der Waals surface area contributed by atoms with E-state index in [1.54, 1.807) is 35.8 Å². The standard InChI is InChI=1S/C19H29N3O5S/c1-6-27-19(24)21-9-7-20(8-10-21)18(23)16(4)22(28(5,25)26)17-12-14(2)11-15(3)13-17/h11-13,16H,6-10H2,1-5H3/t16-/m0/s1. The van der Waals surface area contributed by atoms with Gasteiger partial charge in [-0.25, -0.2) is 13.2 Å². The van der Waals surface area contributed by atoms with Crippen molar-refractivity contribution in [2.45, 2.75) is 33.7 Å². The number of rotatable bonds is 5. The molecule has 0 saturated carbocycles. The Morgan fingerprint density at radius 1 is 1.07 bits per heavy atom. The van der Waals surface area contributed by atoms with Crippen molar-refractivity contribution in [2.75, 3.05) is 43.3 Å². The van der Waals surface area contributed by atoms with Gasteiger partial charge >= 0.3 is 6.09 Å². The van der Waals surface area contributed by atoms with E-state index in [0.29, 0.717) is 38.5 Å². The second-order valence-electron chi connectivity index (χ2n) is 7.09. The summed E-state index contributed by atoms with van der Waals surface area (Å²) in [5.74, 6) is -0.284. The Hall–Kier alpha value is -2.29. The lowest BCUT2D eigenvalue weighted by Crippen LogP contribution is -2.56. The number of hydrogen-bond donors (Lipinski definition) is 0. The fourth-order valence-electron chi connectivity index (χ4n) is 3.47. The van der Waals surface area contributed by atoms with Gasteiger partial charge in [0, 0.05) is 26.2 Å². The molecule has 1 saturated heterocycles. The van der Waals surface area contributed by atoms with Gasteiger partial charge in [0.2, 0.25) is 15.9 Å². The Morgan fingerprint density at radius 3 is 2.04 bits per heavy atom. The smallest absolute Gasteiger partial charge is 0.409 e. The summed E-state index contributed by atoms with van der Waals surface area (Å²) in [5, 5.41) is 0. The first-order valence-corrected chi connectivity index (χ1v) is 11.2. The monoisotopic (exact) mass is 411 g/mol. The largest absolute Gasteiger partial charge is 0.450 e. The minimum atomic E-state index is -3.66. The van der Waals surface area contributed by atoms with Crippen molar-refractivity contribution < 1.29 is 22.7 Å². The third kappa shape index (κ3) is 5.15. The van der Waals surface area contributed by atoms with Crippen LogP contribution in [-0.2, 0) is 19.6 Å². The number of aryl methyl sites for hydroxylation is 2. The van der Waals surface area contributed by atoms with Crippen LogP contribution >= 0.6 is 0 Å². The van der Waals surface area contributed by atoms with Crippen LogP contribution in [0.5, 0.6) is 0 Å². The Bertz CT molecular complexity index is 812. The highest BCUT2D eigenvalue weighted by Crippen LogP contribution is 2.25. The van der Waals surface area contributed by atoms with Crippen molar-refractivity contribution in [2.24, 2.45) is 0 Å². The summed E-state index contributed by atoms with van der Waals surface area (Å²) >= 11 is 0. The molecule has 0 spiro atoms. The lowest BCUT2D eigenvalue weighted by molar-refractivity contribution is -0.133. The fraction of sp³-hybridized carbons (Fsp3) is 0.579. The summed E-state index contributed by atoms with van der Waals surface area (Å²) < 4.78 is 31.1. The van der Waals surface area contributed by atoms with E-state index >= 15 is 0 Å². The van der Waals surface area contributed by atoms with Crippen molar-refractivity contribution in [1.82, 2.24) is 9.80 Å². The molecular formula is C19H29N3O5S. The fourth-order valence-corrected chi connectivity index (χ4v) is 4.62. The predicted molar refractivity (Wildman–Crippen MR) is 108 cm³/mol. The maximum Gasteiger partial charge on any atom is 0.409 e. The molecule has 0 radical (unpaired) electrons. The molecule has 0 aliphatic carbocycles. The van der Waals surface area contributed by atoms with Gasteiger partial charge in [-0.2, -0.15) is 0 Å². The molecule has 156 valence electrons. The minimum Gasteiger partial charge on any atom is -0.450 e. The highest BCUT2D eigenvalue weighted by atomic mass is 32.2. The number of benzene rings is 1. The first kappa shape index (κ1) is 22.0. The number of carbonyl (C=O) groups excluding carboxylic acids is 2. The van der Waals surface area contributed by atoms with Gasteiger partial charge in [-0.3, -0.25) is 9.10 Å². The maximum absolute atomic E-state index is 13.0. The van der Waals surface area contributed by atoms with Gasteiger partial charge in [-0.05, 0) is 51.0 Å². The number of nitrogens with zero attached hydrogens (tertiary/aromatic N) is 3. The van der Waals surface area contributed by atoms with E-state index in [9.17, 15) is 18.0 Å². The highest BCUT2D eigenvalue weighted by molar-refractivity contribution is 7.92. The van der Waals surface area contributed by atoms with Crippen molar-refractivity contribution in [3.8, 4) is 0 Å². The van der Waals surface area contributed by atoms with E-state index in [1.807, 2.05) is 19.9 Å². The van der Waals surface area contributed by atoms with Crippen LogP contribution < -0.4 is 4.31 Å². The SMILES string of the molecule is CCOC(=O)N1CCN(C(=O)[C@H](C)N(c2cc(C)cc(C)c2)S(C)(=O)=O)CC1.